The van der Waals surface area contributed by atoms with Crippen molar-refractivity contribution in [1.82, 2.24) is 19.8 Å². The van der Waals surface area contributed by atoms with Crippen LogP contribution in [0.25, 0.3) is 0 Å². The summed E-state index contributed by atoms with van der Waals surface area (Å²) in [6, 6.07) is 0.491. The van der Waals surface area contributed by atoms with Crippen molar-refractivity contribution in [1.29, 1.82) is 0 Å². The Labute approximate surface area is 157 Å². The van der Waals surface area contributed by atoms with Gasteiger partial charge in [0.25, 0.3) is 0 Å². The number of nitrogens with zero attached hydrogens (tertiary/aromatic N) is 3. The third-order valence-corrected chi connectivity index (χ3v) is 6.15. The lowest BCUT2D eigenvalue weighted by molar-refractivity contribution is -0.0344. The van der Waals surface area contributed by atoms with Crippen molar-refractivity contribution in [2.24, 2.45) is 5.41 Å². The standard InChI is InChI=1S/C19H33ClN4O/c1-18(2)12-19(25-13-18)7-5-15(6-8-19)24-14-22-17(20)16(24)11-23(4)10-9-21-3/h14-15,21H,5-13H2,1-4H3/t15-,19+. The number of hydrogen-bond donors (Lipinski definition) is 1. The van der Waals surface area contributed by atoms with Gasteiger partial charge in [0.15, 0.2) is 5.15 Å². The van der Waals surface area contributed by atoms with Gasteiger partial charge in [-0.05, 0) is 51.6 Å². The van der Waals surface area contributed by atoms with Crippen molar-refractivity contribution in [3.63, 3.8) is 0 Å². The van der Waals surface area contributed by atoms with Gasteiger partial charge < -0.3 is 14.6 Å². The van der Waals surface area contributed by atoms with E-state index >= 15 is 0 Å². The van der Waals surface area contributed by atoms with E-state index < -0.39 is 0 Å². The summed E-state index contributed by atoms with van der Waals surface area (Å²) in [4.78, 5) is 6.69. The predicted octanol–water partition coefficient (Wildman–Crippen LogP) is 3.49. The fraction of sp³-hybridized carbons (Fsp3) is 0.842. The highest BCUT2D eigenvalue weighted by Crippen LogP contribution is 2.49. The van der Waals surface area contributed by atoms with Crippen LogP contribution in [0.5, 0.6) is 0 Å². The second-order valence-electron chi connectivity index (χ2n) is 8.77. The second kappa shape index (κ2) is 7.55. The highest BCUT2D eigenvalue weighted by molar-refractivity contribution is 6.30. The number of ether oxygens (including phenoxy) is 1. The highest BCUT2D eigenvalue weighted by Gasteiger charge is 2.46. The van der Waals surface area contributed by atoms with E-state index in [4.69, 9.17) is 16.3 Å². The van der Waals surface area contributed by atoms with Gasteiger partial charge >= 0.3 is 0 Å². The molecule has 0 unspecified atom stereocenters. The van der Waals surface area contributed by atoms with Crippen LogP contribution in [-0.4, -0.2) is 53.8 Å². The smallest absolute Gasteiger partial charge is 0.151 e. The van der Waals surface area contributed by atoms with Crippen LogP contribution in [-0.2, 0) is 11.3 Å². The molecule has 5 nitrogen and oxygen atoms in total. The molecule has 2 fully saturated rings. The quantitative estimate of drug-likeness (QED) is 0.834. The molecule has 3 rings (SSSR count). The molecule has 1 aromatic heterocycles. The minimum absolute atomic E-state index is 0.119. The highest BCUT2D eigenvalue weighted by atomic mass is 35.5. The molecular formula is C19H33ClN4O. The third-order valence-electron chi connectivity index (χ3n) is 5.84. The number of rotatable bonds is 6. The maximum atomic E-state index is 6.40. The first-order chi connectivity index (χ1) is 11.8. The van der Waals surface area contributed by atoms with Gasteiger partial charge in [0.2, 0.25) is 0 Å². The molecular weight excluding hydrogens is 336 g/mol. The number of likely N-dealkylation sites (N-methyl/N-ethyl adjacent to an activating group) is 2. The Morgan fingerprint density at radius 3 is 2.72 bits per heavy atom. The Morgan fingerprint density at radius 1 is 1.40 bits per heavy atom. The number of aromatic nitrogens is 2. The molecule has 6 heteroatoms. The minimum atomic E-state index is 0.119. The van der Waals surface area contributed by atoms with Crippen LogP contribution in [0, 0.1) is 5.41 Å². The third kappa shape index (κ3) is 4.38. The Balaban J connectivity index is 1.64. The van der Waals surface area contributed by atoms with Gasteiger partial charge in [-0.25, -0.2) is 4.98 Å². The van der Waals surface area contributed by atoms with E-state index in [1.54, 1.807) is 0 Å². The summed E-state index contributed by atoms with van der Waals surface area (Å²) in [5, 5.41) is 3.84. The van der Waals surface area contributed by atoms with Crippen molar-refractivity contribution in [3.05, 3.63) is 17.2 Å². The molecule has 0 bridgehead atoms. The summed E-state index contributed by atoms with van der Waals surface area (Å²) in [5.74, 6) is 0. The average Bonchev–Trinajstić information content (AvgIpc) is 3.07. The number of halogens is 1. The van der Waals surface area contributed by atoms with Gasteiger partial charge in [-0.1, -0.05) is 25.4 Å². The van der Waals surface area contributed by atoms with E-state index in [0.717, 1.165) is 57.6 Å². The van der Waals surface area contributed by atoms with Crippen molar-refractivity contribution in [2.75, 3.05) is 33.8 Å². The predicted molar refractivity (Wildman–Crippen MR) is 102 cm³/mol. The molecule has 25 heavy (non-hydrogen) atoms. The van der Waals surface area contributed by atoms with Crippen LogP contribution in [0.1, 0.15) is 57.7 Å². The summed E-state index contributed by atoms with van der Waals surface area (Å²) in [6.07, 6.45) is 7.71. The first kappa shape index (κ1) is 19.2. The Hall–Kier alpha value is -0.620. The molecule has 0 aromatic carbocycles. The molecule has 0 atom stereocenters. The molecule has 0 amide bonds. The van der Waals surface area contributed by atoms with Gasteiger partial charge in [-0.15, -0.1) is 0 Å². The number of nitrogens with one attached hydrogen (secondary N) is 1. The molecule has 142 valence electrons. The molecule has 1 aromatic rings. The summed E-state index contributed by atoms with van der Waals surface area (Å²) in [7, 11) is 4.12. The maximum absolute atomic E-state index is 6.40. The van der Waals surface area contributed by atoms with E-state index in [-0.39, 0.29) is 5.60 Å². The van der Waals surface area contributed by atoms with E-state index in [0.29, 0.717) is 16.6 Å². The van der Waals surface area contributed by atoms with Gasteiger partial charge in [0, 0.05) is 25.7 Å². The lowest BCUT2D eigenvalue weighted by atomic mass is 9.75. The van der Waals surface area contributed by atoms with Crippen molar-refractivity contribution in [3.8, 4) is 0 Å². The van der Waals surface area contributed by atoms with Gasteiger partial charge in [-0.3, -0.25) is 4.90 Å². The summed E-state index contributed by atoms with van der Waals surface area (Å²) >= 11 is 6.40. The monoisotopic (exact) mass is 368 g/mol. The van der Waals surface area contributed by atoms with Gasteiger partial charge in [-0.2, -0.15) is 0 Å². The maximum Gasteiger partial charge on any atom is 0.151 e. The summed E-state index contributed by atoms with van der Waals surface area (Å²) < 4.78 is 8.58. The van der Waals surface area contributed by atoms with E-state index in [1.807, 2.05) is 13.4 Å². The van der Waals surface area contributed by atoms with Crippen molar-refractivity contribution >= 4 is 11.6 Å². The topological polar surface area (TPSA) is 42.3 Å². The molecule has 1 saturated heterocycles. The fourth-order valence-corrected chi connectivity index (χ4v) is 4.71. The largest absolute Gasteiger partial charge is 0.374 e. The molecule has 0 radical (unpaired) electrons. The fourth-order valence-electron chi connectivity index (χ4n) is 4.51. The SMILES string of the molecule is CNCCN(C)Cc1c(Cl)ncn1[C@H]1CC[C@@]2(CC1)CC(C)(C)CO2. The Kier molecular flexibility index (Phi) is 5.78. The molecule has 1 N–H and O–H groups in total. The zero-order valence-electron chi connectivity index (χ0n) is 16.1. The zero-order chi connectivity index (χ0) is 18.1. The van der Waals surface area contributed by atoms with E-state index in [2.05, 4.69) is 40.7 Å². The Morgan fingerprint density at radius 2 is 2.12 bits per heavy atom. The second-order valence-corrected chi connectivity index (χ2v) is 9.13. The van der Waals surface area contributed by atoms with E-state index in [9.17, 15) is 0 Å². The van der Waals surface area contributed by atoms with Crippen molar-refractivity contribution in [2.45, 2.75) is 64.1 Å². The summed E-state index contributed by atoms with van der Waals surface area (Å²) in [6.45, 7) is 8.35. The van der Waals surface area contributed by atoms with Crippen LogP contribution < -0.4 is 5.32 Å². The number of imidazole rings is 1. The molecule has 1 aliphatic carbocycles. The van der Waals surface area contributed by atoms with Crippen LogP contribution in [0.4, 0.5) is 0 Å². The first-order valence-corrected chi connectivity index (χ1v) is 9.90. The van der Waals surface area contributed by atoms with Crippen LogP contribution in [0.3, 0.4) is 0 Å². The van der Waals surface area contributed by atoms with Crippen LogP contribution >= 0.6 is 11.6 Å². The minimum Gasteiger partial charge on any atom is -0.374 e. The van der Waals surface area contributed by atoms with Crippen LogP contribution in [0.2, 0.25) is 5.15 Å². The van der Waals surface area contributed by atoms with Crippen LogP contribution in [0.15, 0.2) is 6.33 Å². The molecule has 1 aliphatic heterocycles. The summed E-state index contributed by atoms with van der Waals surface area (Å²) in [5.41, 5.74) is 1.59. The molecule has 1 spiro atoms. The van der Waals surface area contributed by atoms with E-state index in [1.165, 1.54) is 6.42 Å². The first-order valence-electron chi connectivity index (χ1n) is 9.52. The lowest BCUT2D eigenvalue weighted by Crippen LogP contribution is -2.35. The van der Waals surface area contributed by atoms with Gasteiger partial charge in [0.05, 0.1) is 24.2 Å². The molecule has 2 aliphatic rings. The normalized spacial score (nSPS) is 29.0. The Bertz CT molecular complexity index is 578. The number of hydrogen-bond acceptors (Lipinski definition) is 4. The lowest BCUT2D eigenvalue weighted by Gasteiger charge is -2.38. The molecule has 2 heterocycles. The van der Waals surface area contributed by atoms with Crippen molar-refractivity contribution < 1.29 is 4.74 Å². The average molecular weight is 369 g/mol. The van der Waals surface area contributed by atoms with Gasteiger partial charge in [0.1, 0.15) is 0 Å². The zero-order valence-corrected chi connectivity index (χ0v) is 16.9. The molecule has 1 saturated carbocycles.